The van der Waals surface area contributed by atoms with E-state index in [0.717, 1.165) is 0 Å². The maximum Gasteiger partial charge on any atom is 0.335 e. The summed E-state index contributed by atoms with van der Waals surface area (Å²) in [6, 6.07) is -1.96. The van der Waals surface area contributed by atoms with Crippen LogP contribution < -0.4 is 10.6 Å². The zero-order valence-electron chi connectivity index (χ0n) is 11.3. The highest BCUT2D eigenvalue weighted by Crippen LogP contribution is 2.22. The summed E-state index contributed by atoms with van der Waals surface area (Å²) >= 11 is 0. The Morgan fingerprint density at radius 1 is 1.10 bits per heavy atom. The maximum absolute atomic E-state index is 11.2. The zero-order valence-corrected chi connectivity index (χ0v) is 11.3. The highest BCUT2D eigenvalue weighted by Gasteiger charge is 2.49. The van der Waals surface area contributed by atoms with E-state index in [1.807, 2.05) is 0 Å². The van der Waals surface area contributed by atoms with E-state index in [1.54, 1.807) is 0 Å². The van der Waals surface area contributed by atoms with Crippen LogP contribution in [0.5, 0.6) is 0 Å². The van der Waals surface area contributed by atoms with Crippen LogP contribution in [0.15, 0.2) is 0 Å². The van der Waals surface area contributed by atoms with Crippen LogP contribution in [0.1, 0.15) is 13.8 Å². The van der Waals surface area contributed by atoms with E-state index in [1.165, 1.54) is 21.0 Å². The first-order valence-corrected chi connectivity index (χ1v) is 5.91. The minimum absolute atomic E-state index is 0.453. The first kappa shape index (κ1) is 16.3. The molecule has 1 heterocycles. The third-order valence-corrected chi connectivity index (χ3v) is 2.89. The second-order valence-electron chi connectivity index (χ2n) is 4.44. The van der Waals surface area contributed by atoms with Crippen molar-refractivity contribution < 1.29 is 34.1 Å². The van der Waals surface area contributed by atoms with Crippen molar-refractivity contribution in [3.63, 3.8) is 0 Å². The minimum Gasteiger partial charge on any atom is -0.479 e. The van der Waals surface area contributed by atoms with Gasteiger partial charge in [-0.05, 0) is 0 Å². The molecule has 1 rings (SSSR count). The third kappa shape index (κ3) is 3.65. The second-order valence-corrected chi connectivity index (χ2v) is 4.44. The molecule has 0 radical (unpaired) electrons. The van der Waals surface area contributed by atoms with Crippen LogP contribution in [0.2, 0.25) is 0 Å². The summed E-state index contributed by atoms with van der Waals surface area (Å²) in [6.07, 6.45) is -4.10. The first-order valence-electron chi connectivity index (χ1n) is 5.91. The van der Waals surface area contributed by atoms with Crippen LogP contribution in [-0.2, 0) is 23.9 Å². The van der Waals surface area contributed by atoms with Crippen molar-refractivity contribution in [3.05, 3.63) is 0 Å². The summed E-state index contributed by atoms with van der Waals surface area (Å²) < 4.78 is 10.00. The van der Waals surface area contributed by atoms with Gasteiger partial charge in [-0.25, -0.2) is 4.79 Å². The first-order chi connectivity index (χ1) is 9.27. The molecule has 0 spiro atoms. The molecular weight excluding hydrogens is 272 g/mol. The van der Waals surface area contributed by atoms with Crippen LogP contribution >= 0.6 is 0 Å². The molecule has 4 N–H and O–H groups in total. The van der Waals surface area contributed by atoms with Gasteiger partial charge in [-0.15, -0.1) is 0 Å². The van der Waals surface area contributed by atoms with Crippen molar-refractivity contribution in [2.75, 3.05) is 7.11 Å². The Morgan fingerprint density at radius 3 is 2.00 bits per heavy atom. The number of aliphatic hydroxyl groups is 1. The Labute approximate surface area is 115 Å². The zero-order chi connectivity index (χ0) is 15.4. The van der Waals surface area contributed by atoms with Gasteiger partial charge in [0.05, 0.1) is 6.04 Å². The molecule has 0 aromatic rings. The molecule has 5 atom stereocenters. The van der Waals surface area contributed by atoms with Crippen molar-refractivity contribution in [3.8, 4) is 0 Å². The Kier molecular flexibility index (Phi) is 5.43. The lowest BCUT2D eigenvalue weighted by molar-refractivity contribution is -0.233. The van der Waals surface area contributed by atoms with Gasteiger partial charge in [0.25, 0.3) is 0 Å². The molecule has 9 nitrogen and oxygen atoms in total. The normalized spacial score (nSPS) is 33.3. The largest absolute Gasteiger partial charge is 0.479 e. The number of hydrogen-bond acceptors (Lipinski definition) is 6. The number of carbonyl (C=O) groups is 3. The predicted octanol–water partition coefficient (Wildman–Crippen LogP) is -2.19. The SMILES string of the molecule is CO[C@H]1[C@H](NC(C)=O)[C@H](NC(C)=O)[C@H](O)O[C@H]1C(=O)O. The molecule has 9 heteroatoms. The molecule has 2 amide bonds. The molecule has 0 bridgehead atoms. The third-order valence-electron chi connectivity index (χ3n) is 2.89. The lowest BCUT2D eigenvalue weighted by Crippen LogP contribution is -2.69. The molecular formula is C11H18N2O7. The monoisotopic (exact) mass is 290 g/mol. The number of hydrogen-bond donors (Lipinski definition) is 4. The van der Waals surface area contributed by atoms with Gasteiger partial charge in [-0.3, -0.25) is 9.59 Å². The molecule has 1 aliphatic rings. The Balaban J connectivity index is 3.07. The van der Waals surface area contributed by atoms with Gasteiger partial charge in [-0.2, -0.15) is 0 Å². The molecule has 1 fully saturated rings. The summed E-state index contributed by atoms with van der Waals surface area (Å²) in [5.74, 6) is -2.25. The quantitative estimate of drug-likeness (QED) is 0.462. The van der Waals surface area contributed by atoms with Crippen molar-refractivity contribution in [2.24, 2.45) is 0 Å². The highest BCUT2D eigenvalue weighted by atomic mass is 16.6. The highest BCUT2D eigenvalue weighted by molar-refractivity contribution is 5.77. The summed E-state index contributed by atoms with van der Waals surface area (Å²) in [5, 5.41) is 23.8. The fourth-order valence-corrected chi connectivity index (χ4v) is 2.15. The molecule has 0 saturated carbocycles. The van der Waals surface area contributed by atoms with E-state index in [2.05, 4.69) is 10.6 Å². The number of carboxylic acids is 1. The van der Waals surface area contributed by atoms with Crippen molar-refractivity contribution in [1.29, 1.82) is 0 Å². The topological polar surface area (TPSA) is 134 Å². The smallest absolute Gasteiger partial charge is 0.335 e. The summed E-state index contributed by atoms with van der Waals surface area (Å²) in [5.41, 5.74) is 0. The number of amides is 2. The van der Waals surface area contributed by atoms with E-state index in [4.69, 9.17) is 14.6 Å². The standard InChI is InChI=1S/C11H18N2O7/c1-4(14)12-6-7(13-5(2)15)11(18)20-9(10(16)17)8(6)19-3/h6-9,11,18H,1-3H3,(H,12,14)(H,13,15)(H,16,17)/t6-,7+,8+,9-,11-/m1/s1. The lowest BCUT2D eigenvalue weighted by atomic mass is 9.93. The number of ether oxygens (including phenoxy) is 2. The van der Waals surface area contributed by atoms with Crippen LogP contribution in [-0.4, -0.2) is 65.7 Å². The summed E-state index contributed by atoms with van der Waals surface area (Å²) in [7, 11) is 1.25. The predicted molar refractivity (Wildman–Crippen MR) is 64.5 cm³/mol. The fraction of sp³-hybridized carbons (Fsp3) is 0.727. The van der Waals surface area contributed by atoms with Gasteiger partial charge in [0.1, 0.15) is 12.1 Å². The maximum atomic E-state index is 11.2. The average molecular weight is 290 g/mol. The Bertz CT molecular complexity index is 398. The van der Waals surface area contributed by atoms with Gasteiger partial charge >= 0.3 is 5.97 Å². The number of aliphatic carboxylic acids is 1. The molecule has 0 aliphatic carbocycles. The van der Waals surface area contributed by atoms with E-state index >= 15 is 0 Å². The number of rotatable bonds is 4. The summed E-state index contributed by atoms with van der Waals surface area (Å²) in [4.78, 5) is 33.5. The number of aliphatic hydroxyl groups excluding tert-OH is 1. The fourth-order valence-electron chi connectivity index (χ4n) is 2.15. The van der Waals surface area contributed by atoms with Gasteiger partial charge < -0.3 is 30.3 Å². The molecule has 1 aliphatic heterocycles. The van der Waals surface area contributed by atoms with Gasteiger partial charge in [-0.1, -0.05) is 0 Å². The Morgan fingerprint density at radius 2 is 1.60 bits per heavy atom. The molecule has 0 aromatic heterocycles. The average Bonchev–Trinajstić information content (AvgIpc) is 2.32. The van der Waals surface area contributed by atoms with Crippen LogP contribution in [0.4, 0.5) is 0 Å². The minimum atomic E-state index is -1.58. The van der Waals surface area contributed by atoms with Gasteiger partial charge in [0.15, 0.2) is 12.4 Å². The molecule has 20 heavy (non-hydrogen) atoms. The summed E-state index contributed by atoms with van der Waals surface area (Å²) in [6.45, 7) is 2.46. The van der Waals surface area contributed by atoms with E-state index in [-0.39, 0.29) is 0 Å². The van der Waals surface area contributed by atoms with Crippen molar-refractivity contribution >= 4 is 17.8 Å². The Hall–Kier alpha value is -1.71. The van der Waals surface area contributed by atoms with Crippen LogP contribution in [0, 0.1) is 0 Å². The van der Waals surface area contributed by atoms with E-state index in [0.29, 0.717) is 0 Å². The lowest BCUT2D eigenvalue weighted by Gasteiger charge is -2.43. The van der Waals surface area contributed by atoms with Gasteiger partial charge in [0.2, 0.25) is 11.8 Å². The van der Waals surface area contributed by atoms with E-state index < -0.39 is 48.4 Å². The number of methoxy groups -OCH3 is 1. The van der Waals surface area contributed by atoms with Crippen LogP contribution in [0.25, 0.3) is 0 Å². The molecule has 0 unspecified atom stereocenters. The molecule has 1 saturated heterocycles. The second kappa shape index (κ2) is 6.64. The van der Waals surface area contributed by atoms with Crippen molar-refractivity contribution in [1.82, 2.24) is 10.6 Å². The van der Waals surface area contributed by atoms with Crippen molar-refractivity contribution in [2.45, 2.75) is 44.4 Å². The number of nitrogens with one attached hydrogen (secondary N) is 2. The number of carboxylic acid groups (broad SMARTS) is 1. The molecule has 114 valence electrons. The molecule has 0 aromatic carbocycles. The van der Waals surface area contributed by atoms with Gasteiger partial charge in [0, 0.05) is 21.0 Å². The van der Waals surface area contributed by atoms with E-state index in [9.17, 15) is 19.5 Å². The van der Waals surface area contributed by atoms with Crippen LogP contribution in [0.3, 0.4) is 0 Å². The number of carbonyl (C=O) groups excluding carboxylic acids is 2.